The van der Waals surface area contributed by atoms with Crippen LogP contribution in [0.1, 0.15) is 26.3 Å². The number of aliphatic carboxylic acids is 1. The highest BCUT2D eigenvalue weighted by atomic mass is 16.5. The van der Waals surface area contributed by atoms with Gasteiger partial charge in [-0.3, -0.25) is 9.69 Å². The first-order valence-corrected chi connectivity index (χ1v) is 6.53. The third kappa shape index (κ3) is 4.91. The zero-order valence-electron chi connectivity index (χ0n) is 12.1. The fourth-order valence-electron chi connectivity index (χ4n) is 1.85. The van der Waals surface area contributed by atoms with Crippen LogP contribution in [0, 0.1) is 5.92 Å². The van der Waals surface area contributed by atoms with Crippen molar-refractivity contribution in [1.29, 1.82) is 0 Å². The first-order valence-electron chi connectivity index (χ1n) is 6.53. The van der Waals surface area contributed by atoms with Crippen molar-refractivity contribution >= 4 is 5.97 Å². The van der Waals surface area contributed by atoms with E-state index in [0.29, 0.717) is 12.6 Å². The number of hydrogen-bond donors (Lipinski definition) is 1. The molecule has 0 aliphatic rings. The summed E-state index contributed by atoms with van der Waals surface area (Å²) in [6.07, 6.45) is 0. The number of methoxy groups -OCH3 is 1. The predicted octanol–water partition coefficient (Wildman–Crippen LogP) is 2.63. The van der Waals surface area contributed by atoms with Crippen molar-refractivity contribution in [3.63, 3.8) is 0 Å². The molecule has 0 amide bonds. The van der Waals surface area contributed by atoms with Gasteiger partial charge in [-0.05, 0) is 31.5 Å². The van der Waals surface area contributed by atoms with Crippen molar-refractivity contribution in [2.45, 2.75) is 33.4 Å². The zero-order chi connectivity index (χ0) is 14.4. The Morgan fingerprint density at radius 2 is 1.84 bits per heavy atom. The third-order valence-electron chi connectivity index (χ3n) is 3.20. The normalized spacial score (nSPS) is 12.7. The molecule has 0 saturated carbocycles. The molecule has 19 heavy (non-hydrogen) atoms. The van der Waals surface area contributed by atoms with Gasteiger partial charge < -0.3 is 9.84 Å². The van der Waals surface area contributed by atoms with Crippen LogP contribution in [0.5, 0.6) is 5.75 Å². The van der Waals surface area contributed by atoms with Gasteiger partial charge in [0, 0.05) is 19.1 Å². The third-order valence-corrected chi connectivity index (χ3v) is 3.20. The molecule has 0 fully saturated rings. The molecule has 1 atom stereocenters. The molecule has 0 bridgehead atoms. The highest BCUT2D eigenvalue weighted by molar-refractivity contribution is 5.69. The summed E-state index contributed by atoms with van der Waals surface area (Å²) in [5.41, 5.74) is 1.16. The molecule has 0 saturated heterocycles. The SMILES string of the molecule is COc1ccc(CN(CC(C)C(=O)O)C(C)C)cc1. The highest BCUT2D eigenvalue weighted by Crippen LogP contribution is 2.15. The number of hydrogen-bond acceptors (Lipinski definition) is 3. The van der Waals surface area contributed by atoms with E-state index < -0.39 is 5.97 Å². The highest BCUT2D eigenvalue weighted by Gasteiger charge is 2.18. The minimum absolute atomic E-state index is 0.309. The topological polar surface area (TPSA) is 49.8 Å². The molecular formula is C15H23NO3. The Kier molecular flexibility index (Phi) is 5.83. The summed E-state index contributed by atoms with van der Waals surface area (Å²) in [7, 11) is 1.64. The van der Waals surface area contributed by atoms with Gasteiger partial charge in [-0.1, -0.05) is 19.1 Å². The smallest absolute Gasteiger partial charge is 0.307 e. The molecule has 4 nitrogen and oxygen atoms in total. The second kappa shape index (κ2) is 7.14. The molecule has 0 radical (unpaired) electrons. The van der Waals surface area contributed by atoms with Gasteiger partial charge in [0.25, 0.3) is 0 Å². The van der Waals surface area contributed by atoms with Gasteiger partial charge in [0.1, 0.15) is 5.75 Å². The number of benzene rings is 1. The lowest BCUT2D eigenvalue weighted by molar-refractivity contribution is -0.141. The lowest BCUT2D eigenvalue weighted by Crippen LogP contribution is -2.36. The van der Waals surface area contributed by atoms with Gasteiger partial charge in [-0.25, -0.2) is 0 Å². The molecule has 1 unspecified atom stereocenters. The van der Waals surface area contributed by atoms with Crippen molar-refractivity contribution < 1.29 is 14.6 Å². The Morgan fingerprint density at radius 3 is 2.26 bits per heavy atom. The van der Waals surface area contributed by atoms with E-state index in [1.807, 2.05) is 24.3 Å². The lowest BCUT2D eigenvalue weighted by atomic mass is 10.1. The van der Waals surface area contributed by atoms with Crippen molar-refractivity contribution in [3.05, 3.63) is 29.8 Å². The van der Waals surface area contributed by atoms with Gasteiger partial charge in [-0.2, -0.15) is 0 Å². The number of carboxylic acid groups (broad SMARTS) is 1. The maximum atomic E-state index is 11.0. The fraction of sp³-hybridized carbons (Fsp3) is 0.533. The van der Waals surface area contributed by atoms with Crippen LogP contribution in [0.25, 0.3) is 0 Å². The van der Waals surface area contributed by atoms with Crippen LogP contribution in [0.3, 0.4) is 0 Å². The van der Waals surface area contributed by atoms with Crippen LogP contribution in [-0.2, 0) is 11.3 Å². The number of carboxylic acids is 1. The fourth-order valence-corrected chi connectivity index (χ4v) is 1.85. The first-order chi connectivity index (χ1) is 8.93. The molecule has 1 rings (SSSR count). The van der Waals surface area contributed by atoms with Gasteiger partial charge in [-0.15, -0.1) is 0 Å². The van der Waals surface area contributed by atoms with E-state index in [4.69, 9.17) is 9.84 Å². The zero-order valence-corrected chi connectivity index (χ0v) is 12.1. The standard InChI is InChI=1S/C15H23NO3/c1-11(2)16(9-12(3)15(17)18)10-13-5-7-14(19-4)8-6-13/h5-8,11-12H,9-10H2,1-4H3,(H,17,18). The van der Waals surface area contributed by atoms with E-state index in [2.05, 4.69) is 18.7 Å². The van der Waals surface area contributed by atoms with Crippen molar-refractivity contribution in [2.24, 2.45) is 5.92 Å². The summed E-state index contributed by atoms with van der Waals surface area (Å²) in [6, 6.07) is 8.19. The average Bonchev–Trinajstić information content (AvgIpc) is 2.38. The molecular weight excluding hydrogens is 242 g/mol. The van der Waals surface area contributed by atoms with Crippen molar-refractivity contribution in [2.75, 3.05) is 13.7 Å². The minimum Gasteiger partial charge on any atom is -0.497 e. The lowest BCUT2D eigenvalue weighted by Gasteiger charge is -2.28. The molecule has 1 aromatic carbocycles. The van der Waals surface area contributed by atoms with E-state index in [9.17, 15) is 4.79 Å². The summed E-state index contributed by atoms with van der Waals surface area (Å²) in [6.45, 7) is 7.21. The first kappa shape index (κ1) is 15.5. The van der Waals surface area contributed by atoms with Gasteiger partial charge >= 0.3 is 5.97 Å². The Hall–Kier alpha value is -1.55. The number of rotatable bonds is 7. The maximum Gasteiger partial charge on any atom is 0.307 e. The van der Waals surface area contributed by atoms with Crippen LogP contribution >= 0.6 is 0 Å². The predicted molar refractivity (Wildman–Crippen MR) is 75.3 cm³/mol. The number of ether oxygens (including phenoxy) is 1. The van der Waals surface area contributed by atoms with E-state index in [1.54, 1.807) is 14.0 Å². The van der Waals surface area contributed by atoms with Crippen LogP contribution < -0.4 is 4.74 Å². The summed E-state index contributed by atoms with van der Waals surface area (Å²) < 4.78 is 5.13. The van der Waals surface area contributed by atoms with Crippen LogP contribution in [-0.4, -0.2) is 35.7 Å². The van der Waals surface area contributed by atoms with Crippen LogP contribution in [0.2, 0.25) is 0 Å². The molecule has 4 heteroatoms. The monoisotopic (exact) mass is 265 g/mol. The Morgan fingerprint density at radius 1 is 1.26 bits per heavy atom. The number of carbonyl (C=O) groups is 1. The molecule has 106 valence electrons. The van der Waals surface area contributed by atoms with E-state index in [0.717, 1.165) is 17.9 Å². The number of nitrogens with zero attached hydrogens (tertiary/aromatic N) is 1. The van der Waals surface area contributed by atoms with Crippen LogP contribution in [0.4, 0.5) is 0 Å². The molecule has 0 aromatic heterocycles. The van der Waals surface area contributed by atoms with E-state index >= 15 is 0 Å². The molecule has 1 N–H and O–H groups in total. The quantitative estimate of drug-likeness (QED) is 0.823. The van der Waals surface area contributed by atoms with E-state index in [1.165, 1.54) is 0 Å². The summed E-state index contributed by atoms with van der Waals surface area (Å²) in [5.74, 6) is -0.278. The van der Waals surface area contributed by atoms with Gasteiger partial charge in [0.15, 0.2) is 0 Å². The van der Waals surface area contributed by atoms with Crippen molar-refractivity contribution in [1.82, 2.24) is 4.90 Å². The van der Waals surface area contributed by atoms with E-state index in [-0.39, 0.29) is 5.92 Å². The van der Waals surface area contributed by atoms with Crippen LogP contribution in [0.15, 0.2) is 24.3 Å². The Bertz CT molecular complexity index is 400. The Labute approximate surface area is 115 Å². The summed E-state index contributed by atoms with van der Waals surface area (Å²) >= 11 is 0. The van der Waals surface area contributed by atoms with Crippen molar-refractivity contribution in [3.8, 4) is 5.75 Å². The second-order valence-corrected chi connectivity index (χ2v) is 5.11. The molecule has 0 aliphatic carbocycles. The van der Waals surface area contributed by atoms with Gasteiger partial charge in [0.2, 0.25) is 0 Å². The Balaban J connectivity index is 2.69. The largest absolute Gasteiger partial charge is 0.497 e. The maximum absolute atomic E-state index is 11.0. The summed E-state index contributed by atoms with van der Waals surface area (Å²) in [5, 5.41) is 9.00. The molecule has 0 aliphatic heterocycles. The second-order valence-electron chi connectivity index (χ2n) is 5.11. The summed E-state index contributed by atoms with van der Waals surface area (Å²) in [4.78, 5) is 13.1. The average molecular weight is 265 g/mol. The molecule has 1 aromatic rings. The minimum atomic E-state index is -0.750. The van der Waals surface area contributed by atoms with Gasteiger partial charge in [0.05, 0.1) is 13.0 Å². The molecule has 0 heterocycles. The molecule has 0 spiro atoms.